The highest BCUT2D eigenvalue weighted by molar-refractivity contribution is 14.1. The molecule has 1 saturated heterocycles. The predicted octanol–water partition coefficient (Wildman–Crippen LogP) is 1.46. The smallest absolute Gasteiger partial charge is 0.211 e. The lowest BCUT2D eigenvalue weighted by molar-refractivity contribution is -0.487. The van der Waals surface area contributed by atoms with Crippen LogP contribution in [0.4, 0.5) is 0 Å². The van der Waals surface area contributed by atoms with Gasteiger partial charge in [0.15, 0.2) is 0 Å². The normalized spacial score (nSPS) is 30.3. The van der Waals surface area contributed by atoms with E-state index in [4.69, 9.17) is 12.7 Å². The van der Waals surface area contributed by atoms with Gasteiger partial charge in [-0.15, -0.1) is 0 Å². The first kappa shape index (κ1) is 8.18. The van der Waals surface area contributed by atoms with Crippen molar-refractivity contribution in [1.29, 1.82) is 0 Å². The van der Waals surface area contributed by atoms with Crippen LogP contribution in [-0.4, -0.2) is 11.9 Å². The molecule has 1 heterocycles. The lowest BCUT2D eigenvalue weighted by Crippen LogP contribution is -2.56. The first-order valence-electron chi connectivity index (χ1n) is 3.73. The average Bonchev–Trinajstić information content (AvgIpc) is 2.02. The maximum atomic E-state index is 5.19. The molecule has 1 aliphatic carbocycles. The second-order valence-electron chi connectivity index (χ2n) is 2.99. The van der Waals surface area contributed by atoms with E-state index in [0.717, 1.165) is 25.7 Å². The highest BCUT2D eigenvalue weighted by atomic mass is 127. The predicted molar refractivity (Wildman–Crippen MR) is 45.4 cm³/mol. The van der Waals surface area contributed by atoms with Gasteiger partial charge < -0.3 is 3.07 Å². The Kier molecular flexibility index (Phi) is 2.33. The zero-order valence-corrected chi connectivity index (χ0v) is 8.17. The minimum atomic E-state index is -0.314. The highest BCUT2D eigenvalue weighted by Gasteiger charge is 2.44. The second-order valence-corrected chi connectivity index (χ2v) is 3.50. The fourth-order valence-electron chi connectivity index (χ4n) is 1.48. The molecular formula is C6H10INO3. The molecule has 0 atom stereocenters. The molecule has 11 heavy (non-hydrogen) atoms. The van der Waals surface area contributed by atoms with Crippen LogP contribution in [0.3, 0.4) is 0 Å². The fourth-order valence-corrected chi connectivity index (χ4v) is 1.99. The molecule has 64 valence electrons. The SMILES string of the molecule is IOC1CCC2(CC1)ONO2. The van der Waals surface area contributed by atoms with Crippen molar-refractivity contribution in [3.8, 4) is 0 Å². The standard InChI is InChI=1S/C6H10INO3/c7-9-5-1-3-6(4-2-5)10-8-11-6/h5,8H,1-4H2. The Morgan fingerprint density at radius 2 is 2.00 bits per heavy atom. The Hall–Kier alpha value is 0.570. The average molecular weight is 271 g/mol. The molecule has 0 radical (unpaired) electrons. The van der Waals surface area contributed by atoms with E-state index in [-0.39, 0.29) is 5.79 Å². The maximum Gasteiger partial charge on any atom is 0.211 e. The Morgan fingerprint density at radius 3 is 2.36 bits per heavy atom. The minimum absolute atomic E-state index is 0.314. The molecule has 0 aromatic rings. The summed E-state index contributed by atoms with van der Waals surface area (Å²) in [5.74, 6) is -0.314. The van der Waals surface area contributed by atoms with E-state index in [1.54, 1.807) is 0 Å². The van der Waals surface area contributed by atoms with Gasteiger partial charge in [-0.1, -0.05) is 5.64 Å². The third-order valence-corrected chi connectivity index (χ3v) is 2.99. The van der Waals surface area contributed by atoms with Gasteiger partial charge in [0, 0.05) is 12.8 Å². The third-order valence-electron chi connectivity index (χ3n) is 2.28. The Morgan fingerprint density at radius 1 is 1.36 bits per heavy atom. The number of rotatable bonds is 1. The van der Waals surface area contributed by atoms with Crippen LogP contribution in [0, 0.1) is 0 Å². The van der Waals surface area contributed by atoms with Crippen LogP contribution in [0.25, 0.3) is 0 Å². The quantitative estimate of drug-likeness (QED) is 0.733. The van der Waals surface area contributed by atoms with E-state index in [1.807, 2.05) is 23.0 Å². The lowest BCUT2D eigenvalue weighted by Gasteiger charge is -2.43. The van der Waals surface area contributed by atoms with Crippen molar-refractivity contribution < 1.29 is 12.7 Å². The van der Waals surface area contributed by atoms with Gasteiger partial charge in [0.1, 0.15) is 23.0 Å². The van der Waals surface area contributed by atoms with E-state index < -0.39 is 0 Å². The molecule has 4 nitrogen and oxygen atoms in total. The molecule has 0 aromatic heterocycles. The monoisotopic (exact) mass is 271 g/mol. The van der Waals surface area contributed by atoms with Gasteiger partial charge in [-0.2, -0.15) is 0 Å². The Balaban J connectivity index is 1.84. The van der Waals surface area contributed by atoms with Crippen molar-refractivity contribution in [3.05, 3.63) is 0 Å². The fraction of sp³-hybridized carbons (Fsp3) is 1.00. The summed E-state index contributed by atoms with van der Waals surface area (Å²) >= 11 is 1.95. The van der Waals surface area contributed by atoms with E-state index in [1.165, 1.54) is 0 Å². The molecule has 2 rings (SSSR count). The van der Waals surface area contributed by atoms with Crippen LogP contribution in [-0.2, 0) is 12.7 Å². The highest BCUT2D eigenvalue weighted by Crippen LogP contribution is 2.37. The number of hydrogen-bond donors (Lipinski definition) is 1. The van der Waals surface area contributed by atoms with Crippen molar-refractivity contribution in [1.82, 2.24) is 5.64 Å². The summed E-state index contributed by atoms with van der Waals surface area (Å²) in [7, 11) is 0. The first-order valence-corrected chi connectivity index (χ1v) is 4.61. The van der Waals surface area contributed by atoms with Crippen LogP contribution >= 0.6 is 23.0 Å². The Bertz CT molecular complexity index is 141. The van der Waals surface area contributed by atoms with Gasteiger partial charge in [-0.05, 0) is 12.8 Å². The molecule has 0 aromatic carbocycles. The molecule has 2 aliphatic rings. The van der Waals surface area contributed by atoms with Crippen molar-refractivity contribution in [2.75, 3.05) is 0 Å². The number of hydrogen-bond acceptors (Lipinski definition) is 4. The molecular weight excluding hydrogens is 261 g/mol. The molecule has 1 aliphatic heterocycles. The van der Waals surface area contributed by atoms with Crippen LogP contribution in [0.2, 0.25) is 0 Å². The van der Waals surface area contributed by atoms with Gasteiger partial charge in [0.05, 0.1) is 6.10 Å². The van der Waals surface area contributed by atoms with Gasteiger partial charge in [0.25, 0.3) is 0 Å². The summed E-state index contributed by atoms with van der Waals surface area (Å²) in [5.41, 5.74) is 2.36. The number of nitrogens with one attached hydrogen (secondary N) is 1. The van der Waals surface area contributed by atoms with Crippen LogP contribution in [0.1, 0.15) is 25.7 Å². The van der Waals surface area contributed by atoms with E-state index in [2.05, 4.69) is 5.64 Å². The maximum absolute atomic E-state index is 5.19. The number of halogens is 1. The van der Waals surface area contributed by atoms with E-state index in [9.17, 15) is 0 Å². The summed E-state index contributed by atoms with van der Waals surface area (Å²) in [6, 6.07) is 0. The minimum Gasteiger partial charge on any atom is -0.312 e. The van der Waals surface area contributed by atoms with Gasteiger partial charge in [0.2, 0.25) is 5.79 Å². The molecule has 0 bridgehead atoms. The van der Waals surface area contributed by atoms with Crippen LogP contribution < -0.4 is 5.64 Å². The van der Waals surface area contributed by atoms with E-state index in [0.29, 0.717) is 6.10 Å². The summed E-state index contributed by atoms with van der Waals surface area (Å²) in [6.07, 6.45) is 4.27. The summed E-state index contributed by atoms with van der Waals surface area (Å²) < 4.78 is 5.19. The van der Waals surface area contributed by atoms with E-state index >= 15 is 0 Å². The molecule has 5 heteroatoms. The molecule has 0 unspecified atom stereocenters. The molecule has 0 amide bonds. The first-order chi connectivity index (χ1) is 5.35. The molecule has 1 N–H and O–H groups in total. The summed E-state index contributed by atoms with van der Waals surface area (Å²) in [6.45, 7) is 0. The lowest BCUT2D eigenvalue weighted by atomic mass is 9.92. The molecule has 2 fully saturated rings. The van der Waals surface area contributed by atoms with Crippen molar-refractivity contribution >= 4 is 23.0 Å². The largest absolute Gasteiger partial charge is 0.312 e. The summed E-state index contributed by atoms with van der Waals surface area (Å²) in [4.78, 5) is 10.2. The van der Waals surface area contributed by atoms with Crippen molar-refractivity contribution in [3.63, 3.8) is 0 Å². The summed E-state index contributed by atoms with van der Waals surface area (Å²) in [5, 5.41) is 0. The van der Waals surface area contributed by atoms with Crippen LogP contribution in [0.15, 0.2) is 0 Å². The van der Waals surface area contributed by atoms with Gasteiger partial charge in [-0.25, -0.2) is 9.68 Å². The zero-order chi connectivity index (χ0) is 7.73. The third kappa shape index (κ3) is 1.52. The van der Waals surface area contributed by atoms with Crippen molar-refractivity contribution in [2.24, 2.45) is 0 Å². The second kappa shape index (κ2) is 3.14. The van der Waals surface area contributed by atoms with Crippen molar-refractivity contribution in [2.45, 2.75) is 37.6 Å². The topological polar surface area (TPSA) is 39.7 Å². The molecule has 1 saturated carbocycles. The Labute approximate surface area is 79.2 Å². The molecule has 1 spiro atoms. The van der Waals surface area contributed by atoms with Gasteiger partial charge >= 0.3 is 0 Å². The zero-order valence-electron chi connectivity index (χ0n) is 6.01. The van der Waals surface area contributed by atoms with Gasteiger partial charge in [-0.3, -0.25) is 0 Å². The van der Waals surface area contributed by atoms with Crippen LogP contribution in [0.5, 0.6) is 0 Å².